The standard InChI is InChI=1S/C15H20N2O2/c1-10(2)13(9-18)15-16-8-14(17-15)11-5-4-6-12(7-11)19-3/h4-8,10,13,18H,9H2,1-3H3,(H,16,17). The maximum absolute atomic E-state index is 9.43. The van der Waals surface area contributed by atoms with Gasteiger partial charge in [-0.2, -0.15) is 0 Å². The van der Waals surface area contributed by atoms with Crippen LogP contribution in [-0.4, -0.2) is 28.8 Å². The van der Waals surface area contributed by atoms with Crippen LogP contribution in [0.2, 0.25) is 0 Å². The topological polar surface area (TPSA) is 58.1 Å². The highest BCUT2D eigenvalue weighted by atomic mass is 16.5. The molecule has 0 amide bonds. The summed E-state index contributed by atoms with van der Waals surface area (Å²) in [6.07, 6.45) is 1.80. The molecule has 2 aromatic rings. The van der Waals surface area contributed by atoms with Gasteiger partial charge in [-0.25, -0.2) is 4.98 Å². The molecular weight excluding hydrogens is 240 g/mol. The number of aliphatic hydroxyl groups is 1. The first-order valence-corrected chi connectivity index (χ1v) is 6.46. The Kier molecular flexibility index (Phi) is 4.22. The van der Waals surface area contributed by atoms with Crippen LogP contribution in [0.4, 0.5) is 0 Å². The Bertz CT molecular complexity index is 534. The van der Waals surface area contributed by atoms with Gasteiger partial charge in [0.1, 0.15) is 11.6 Å². The normalized spacial score (nSPS) is 12.7. The summed E-state index contributed by atoms with van der Waals surface area (Å²) < 4.78 is 5.22. The van der Waals surface area contributed by atoms with E-state index in [1.54, 1.807) is 13.3 Å². The van der Waals surface area contributed by atoms with E-state index >= 15 is 0 Å². The van der Waals surface area contributed by atoms with Crippen LogP contribution < -0.4 is 4.74 Å². The van der Waals surface area contributed by atoms with Gasteiger partial charge in [0.05, 0.1) is 25.6 Å². The summed E-state index contributed by atoms with van der Waals surface area (Å²) in [4.78, 5) is 7.67. The van der Waals surface area contributed by atoms with Gasteiger partial charge in [-0.05, 0) is 18.1 Å². The van der Waals surface area contributed by atoms with Crippen LogP contribution in [-0.2, 0) is 0 Å². The zero-order chi connectivity index (χ0) is 13.8. The molecule has 4 nitrogen and oxygen atoms in total. The van der Waals surface area contributed by atoms with Crippen LogP contribution in [0.25, 0.3) is 11.3 Å². The average molecular weight is 260 g/mol. The minimum absolute atomic E-state index is 0.0411. The van der Waals surface area contributed by atoms with Crippen molar-refractivity contribution in [2.75, 3.05) is 13.7 Å². The maximum atomic E-state index is 9.43. The molecule has 1 atom stereocenters. The minimum atomic E-state index is 0.0411. The molecule has 0 saturated heterocycles. The number of aliphatic hydroxyl groups excluding tert-OH is 1. The first kappa shape index (κ1) is 13.6. The van der Waals surface area contributed by atoms with E-state index in [-0.39, 0.29) is 12.5 Å². The molecule has 0 aliphatic rings. The number of nitrogens with zero attached hydrogens (tertiary/aromatic N) is 1. The molecule has 1 heterocycles. The van der Waals surface area contributed by atoms with Crippen molar-refractivity contribution in [2.45, 2.75) is 19.8 Å². The lowest BCUT2D eigenvalue weighted by atomic mass is 9.96. The smallest absolute Gasteiger partial charge is 0.119 e. The highest BCUT2D eigenvalue weighted by Gasteiger charge is 2.18. The number of ether oxygens (including phenoxy) is 1. The summed E-state index contributed by atoms with van der Waals surface area (Å²) >= 11 is 0. The molecular formula is C15H20N2O2. The molecule has 19 heavy (non-hydrogen) atoms. The van der Waals surface area contributed by atoms with Crippen LogP contribution >= 0.6 is 0 Å². The molecule has 0 aliphatic carbocycles. The largest absolute Gasteiger partial charge is 0.497 e. The van der Waals surface area contributed by atoms with E-state index in [9.17, 15) is 5.11 Å². The Balaban J connectivity index is 2.29. The molecule has 2 rings (SSSR count). The third kappa shape index (κ3) is 2.96. The lowest BCUT2D eigenvalue weighted by molar-refractivity contribution is 0.232. The van der Waals surface area contributed by atoms with Gasteiger partial charge in [0.25, 0.3) is 0 Å². The molecule has 1 aromatic heterocycles. The second-order valence-corrected chi connectivity index (χ2v) is 4.95. The molecule has 1 unspecified atom stereocenters. The van der Waals surface area contributed by atoms with Crippen molar-refractivity contribution in [1.29, 1.82) is 0 Å². The van der Waals surface area contributed by atoms with E-state index in [4.69, 9.17) is 4.74 Å². The SMILES string of the molecule is COc1cccc(-c2cnc(C(CO)C(C)C)[nH]2)c1. The van der Waals surface area contributed by atoms with Crippen molar-refractivity contribution in [1.82, 2.24) is 9.97 Å². The number of hydrogen-bond acceptors (Lipinski definition) is 3. The molecule has 0 spiro atoms. The monoisotopic (exact) mass is 260 g/mol. The van der Waals surface area contributed by atoms with Crippen molar-refractivity contribution in [2.24, 2.45) is 5.92 Å². The number of H-pyrrole nitrogens is 1. The fourth-order valence-electron chi connectivity index (χ4n) is 2.08. The predicted molar refractivity (Wildman–Crippen MR) is 75.2 cm³/mol. The van der Waals surface area contributed by atoms with E-state index < -0.39 is 0 Å². The van der Waals surface area contributed by atoms with Crippen LogP contribution in [0.5, 0.6) is 5.75 Å². The second kappa shape index (κ2) is 5.89. The molecule has 0 radical (unpaired) electrons. The predicted octanol–water partition coefficient (Wildman–Crippen LogP) is 2.82. The average Bonchev–Trinajstić information content (AvgIpc) is 2.89. The third-order valence-electron chi connectivity index (χ3n) is 3.33. The number of nitrogens with one attached hydrogen (secondary N) is 1. The molecule has 0 bridgehead atoms. The number of methoxy groups -OCH3 is 1. The first-order chi connectivity index (χ1) is 9.15. The van der Waals surface area contributed by atoms with Gasteiger partial charge in [-0.1, -0.05) is 26.0 Å². The highest BCUT2D eigenvalue weighted by molar-refractivity contribution is 5.60. The zero-order valence-corrected chi connectivity index (χ0v) is 11.6. The van der Waals surface area contributed by atoms with Gasteiger partial charge < -0.3 is 14.8 Å². The zero-order valence-electron chi connectivity index (χ0n) is 11.6. The maximum Gasteiger partial charge on any atom is 0.119 e. The van der Waals surface area contributed by atoms with Gasteiger partial charge in [-0.15, -0.1) is 0 Å². The molecule has 1 aromatic carbocycles. The van der Waals surface area contributed by atoms with E-state index in [2.05, 4.69) is 23.8 Å². The molecule has 2 N–H and O–H groups in total. The van der Waals surface area contributed by atoms with Gasteiger partial charge in [0.15, 0.2) is 0 Å². The summed E-state index contributed by atoms with van der Waals surface area (Å²) in [7, 11) is 1.65. The third-order valence-corrected chi connectivity index (χ3v) is 3.33. The quantitative estimate of drug-likeness (QED) is 0.869. The van der Waals surface area contributed by atoms with Gasteiger partial charge >= 0.3 is 0 Å². The van der Waals surface area contributed by atoms with Gasteiger partial charge in [0.2, 0.25) is 0 Å². The lowest BCUT2D eigenvalue weighted by Gasteiger charge is -2.15. The van der Waals surface area contributed by atoms with Crippen molar-refractivity contribution < 1.29 is 9.84 Å². The molecule has 0 saturated carbocycles. The van der Waals surface area contributed by atoms with Crippen LogP contribution in [0.1, 0.15) is 25.6 Å². The Labute approximate surface area is 113 Å². The van der Waals surface area contributed by atoms with E-state index in [1.807, 2.05) is 24.3 Å². The van der Waals surface area contributed by atoms with Crippen molar-refractivity contribution in [3.63, 3.8) is 0 Å². The Hall–Kier alpha value is -1.81. The first-order valence-electron chi connectivity index (χ1n) is 6.46. The van der Waals surface area contributed by atoms with Crippen molar-refractivity contribution in [3.8, 4) is 17.0 Å². The van der Waals surface area contributed by atoms with E-state index in [1.165, 1.54) is 0 Å². The van der Waals surface area contributed by atoms with Crippen molar-refractivity contribution in [3.05, 3.63) is 36.3 Å². The number of imidazole rings is 1. The van der Waals surface area contributed by atoms with E-state index in [0.717, 1.165) is 22.8 Å². The van der Waals surface area contributed by atoms with Crippen LogP contribution in [0, 0.1) is 5.92 Å². The van der Waals surface area contributed by atoms with Gasteiger partial charge in [0, 0.05) is 11.5 Å². The summed E-state index contributed by atoms with van der Waals surface area (Å²) in [5.74, 6) is 2.03. The van der Waals surface area contributed by atoms with E-state index in [0.29, 0.717) is 5.92 Å². The van der Waals surface area contributed by atoms with Crippen molar-refractivity contribution >= 4 is 0 Å². The number of rotatable bonds is 5. The Morgan fingerprint density at radius 3 is 2.79 bits per heavy atom. The fraction of sp³-hybridized carbons (Fsp3) is 0.400. The minimum Gasteiger partial charge on any atom is -0.497 e. The molecule has 4 heteroatoms. The van der Waals surface area contributed by atoms with Crippen LogP contribution in [0.3, 0.4) is 0 Å². The number of aromatic amines is 1. The molecule has 0 fully saturated rings. The van der Waals surface area contributed by atoms with Crippen LogP contribution in [0.15, 0.2) is 30.5 Å². The van der Waals surface area contributed by atoms with Gasteiger partial charge in [-0.3, -0.25) is 0 Å². The summed E-state index contributed by atoms with van der Waals surface area (Å²) in [5, 5.41) is 9.43. The Morgan fingerprint density at radius 2 is 2.16 bits per heavy atom. The number of hydrogen-bond donors (Lipinski definition) is 2. The summed E-state index contributed by atoms with van der Waals surface area (Å²) in [6, 6.07) is 7.82. The second-order valence-electron chi connectivity index (χ2n) is 4.95. The molecule has 0 aliphatic heterocycles. The summed E-state index contributed by atoms with van der Waals surface area (Å²) in [5.41, 5.74) is 1.96. The number of benzene rings is 1. The lowest BCUT2D eigenvalue weighted by Crippen LogP contribution is -2.12. The Morgan fingerprint density at radius 1 is 1.37 bits per heavy atom. The highest BCUT2D eigenvalue weighted by Crippen LogP contribution is 2.26. The fourth-order valence-corrected chi connectivity index (χ4v) is 2.08. The number of aromatic nitrogens is 2. The molecule has 102 valence electrons. The summed E-state index contributed by atoms with van der Waals surface area (Å²) in [6.45, 7) is 4.26.